The van der Waals surface area contributed by atoms with Crippen molar-refractivity contribution in [3.05, 3.63) is 41.5 Å². The first-order valence-electron chi connectivity index (χ1n) is 9.34. The molecule has 0 aliphatic heterocycles. The maximum Gasteiger partial charge on any atom is 0.211 e. The van der Waals surface area contributed by atoms with E-state index in [1.807, 2.05) is 34.6 Å². The Balaban J connectivity index is 2.82. The molecule has 1 aliphatic carbocycles. The summed E-state index contributed by atoms with van der Waals surface area (Å²) in [6.07, 6.45) is 3.73. The molecule has 0 fully saturated rings. The second-order valence-electron chi connectivity index (χ2n) is 7.27. The third-order valence-electron chi connectivity index (χ3n) is 6.56. The minimum absolute atomic E-state index is 0.120. The third-order valence-corrected chi connectivity index (χ3v) is 9.58. The number of carbonyl (C=O) groups excluding carboxylic acids is 1. The van der Waals surface area contributed by atoms with E-state index in [4.69, 9.17) is 5.41 Å². The Labute approximate surface area is 157 Å². The van der Waals surface area contributed by atoms with Crippen molar-refractivity contribution in [2.75, 3.05) is 0 Å². The first kappa shape index (κ1) is 20.6. The van der Waals surface area contributed by atoms with E-state index in [0.29, 0.717) is 24.0 Å². The van der Waals surface area contributed by atoms with Gasteiger partial charge in [0.05, 0.1) is 9.65 Å². The second-order valence-corrected chi connectivity index (χ2v) is 9.50. The molecule has 0 spiro atoms. The zero-order valence-electron chi connectivity index (χ0n) is 16.3. The molecule has 1 aromatic rings. The van der Waals surface area contributed by atoms with Crippen molar-refractivity contribution in [2.24, 2.45) is 5.41 Å². The van der Waals surface area contributed by atoms with Gasteiger partial charge >= 0.3 is 0 Å². The minimum atomic E-state index is -3.77. The zero-order valence-corrected chi connectivity index (χ0v) is 17.2. The van der Waals surface area contributed by atoms with Crippen LogP contribution in [0.4, 0.5) is 0 Å². The van der Waals surface area contributed by atoms with E-state index in [-0.39, 0.29) is 10.6 Å². The molecule has 0 heterocycles. The fourth-order valence-corrected chi connectivity index (χ4v) is 7.31. The largest absolute Gasteiger partial charge is 0.297 e. The van der Waals surface area contributed by atoms with Crippen molar-refractivity contribution in [2.45, 2.75) is 65.0 Å². The summed E-state index contributed by atoms with van der Waals surface area (Å²) < 4.78 is 27.0. The van der Waals surface area contributed by atoms with Crippen molar-refractivity contribution in [3.8, 4) is 0 Å². The van der Waals surface area contributed by atoms with Crippen LogP contribution in [0.2, 0.25) is 0 Å². The van der Waals surface area contributed by atoms with Gasteiger partial charge in [-0.25, -0.2) is 8.42 Å². The molecule has 2 rings (SSSR count). The van der Waals surface area contributed by atoms with Crippen molar-refractivity contribution in [3.63, 3.8) is 0 Å². The highest BCUT2D eigenvalue weighted by Crippen LogP contribution is 2.52. The number of benzene rings is 1. The van der Waals surface area contributed by atoms with Crippen molar-refractivity contribution >= 4 is 26.2 Å². The number of carbonyl (C=O) groups is 1. The van der Waals surface area contributed by atoms with Gasteiger partial charge in [0.1, 0.15) is 5.71 Å². The molecule has 26 heavy (non-hydrogen) atoms. The van der Waals surface area contributed by atoms with Gasteiger partial charge in [0, 0.05) is 11.1 Å². The first-order chi connectivity index (χ1) is 12.2. The lowest BCUT2D eigenvalue weighted by Crippen LogP contribution is -2.52. The molecular weight excluding hydrogens is 346 g/mol. The molecular formula is C21H29NO3S. The summed E-state index contributed by atoms with van der Waals surface area (Å²) in [6.45, 7) is 9.97. The number of sulfone groups is 1. The molecule has 1 aromatic carbocycles. The number of Topliss-reactive ketones (excluding diaryl/α,β-unsaturated/α-hetero) is 1. The Hall–Kier alpha value is -1.75. The SMILES string of the molecule is CCC(C)(CC)C(CC)(CC)S(=O)(=O)C1=CC(=N)C(=O)c2ccccc21. The van der Waals surface area contributed by atoms with Crippen LogP contribution in [0.1, 0.15) is 76.2 Å². The molecule has 0 aromatic heterocycles. The summed E-state index contributed by atoms with van der Waals surface area (Å²) in [6, 6.07) is 6.72. The number of ketones is 1. The van der Waals surface area contributed by atoms with Crippen molar-refractivity contribution < 1.29 is 13.2 Å². The lowest BCUT2D eigenvalue weighted by atomic mass is 9.69. The van der Waals surface area contributed by atoms with Crippen LogP contribution >= 0.6 is 0 Å². The summed E-state index contributed by atoms with van der Waals surface area (Å²) in [5.74, 6) is -0.424. The second kappa shape index (κ2) is 7.10. The Morgan fingerprint density at radius 1 is 0.923 bits per heavy atom. The number of allylic oxidation sites excluding steroid dienone is 1. The van der Waals surface area contributed by atoms with E-state index < -0.39 is 25.8 Å². The van der Waals surface area contributed by atoms with Gasteiger partial charge in [0.25, 0.3) is 0 Å². The van der Waals surface area contributed by atoms with E-state index >= 15 is 0 Å². The lowest BCUT2D eigenvalue weighted by molar-refractivity contribution is 0.106. The standard InChI is InChI=1S/C21H29NO3S/c1-6-20(5,7-2)21(8-3,9-4)26(24,25)18-14-17(22)19(23)16-13-11-10-12-15(16)18/h10-14,22H,6-9H2,1-5H3. The molecule has 5 heteroatoms. The predicted octanol–water partition coefficient (Wildman–Crippen LogP) is 5.04. The third kappa shape index (κ3) is 2.68. The number of hydrogen-bond acceptors (Lipinski definition) is 4. The number of nitrogens with one attached hydrogen (secondary N) is 1. The molecule has 0 unspecified atom stereocenters. The van der Waals surface area contributed by atoms with Gasteiger partial charge < -0.3 is 0 Å². The van der Waals surface area contributed by atoms with Gasteiger partial charge in [-0.05, 0) is 37.2 Å². The van der Waals surface area contributed by atoms with Crippen LogP contribution in [-0.2, 0) is 9.84 Å². The maximum absolute atomic E-state index is 14.0. The fraction of sp³-hybridized carbons (Fsp3) is 0.524. The number of fused-ring (bicyclic) bond motifs is 1. The summed E-state index contributed by atoms with van der Waals surface area (Å²) in [4.78, 5) is 12.4. The topological polar surface area (TPSA) is 75.1 Å². The average molecular weight is 376 g/mol. The normalized spacial score (nSPS) is 15.7. The molecule has 4 nitrogen and oxygen atoms in total. The van der Waals surface area contributed by atoms with Crippen LogP contribution in [0.3, 0.4) is 0 Å². The molecule has 0 amide bonds. The summed E-state index contributed by atoms with van der Waals surface area (Å²) in [5.41, 5.74) is 0.0659. The number of rotatable bonds is 7. The van der Waals surface area contributed by atoms with Gasteiger partial charge in [0.2, 0.25) is 5.78 Å². The Bertz CT molecular complexity index is 857. The average Bonchev–Trinajstić information content (AvgIpc) is 2.65. The minimum Gasteiger partial charge on any atom is -0.297 e. The van der Waals surface area contributed by atoms with Gasteiger partial charge in [0.15, 0.2) is 9.84 Å². The maximum atomic E-state index is 14.0. The lowest BCUT2D eigenvalue weighted by Gasteiger charge is -2.47. The van der Waals surface area contributed by atoms with Gasteiger partial charge in [-0.2, -0.15) is 0 Å². The van der Waals surface area contributed by atoms with Gasteiger partial charge in [-0.3, -0.25) is 10.2 Å². The molecule has 0 radical (unpaired) electrons. The van der Waals surface area contributed by atoms with Crippen LogP contribution < -0.4 is 0 Å². The van der Waals surface area contributed by atoms with Crippen molar-refractivity contribution in [1.29, 1.82) is 5.41 Å². The Morgan fingerprint density at radius 3 is 1.88 bits per heavy atom. The fourth-order valence-electron chi connectivity index (χ4n) is 4.45. The highest BCUT2D eigenvalue weighted by Gasteiger charge is 2.54. The molecule has 1 N–H and O–H groups in total. The van der Waals surface area contributed by atoms with E-state index in [9.17, 15) is 13.2 Å². The molecule has 0 atom stereocenters. The van der Waals surface area contributed by atoms with E-state index in [0.717, 1.165) is 12.8 Å². The van der Waals surface area contributed by atoms with E-state index in [1.54, 1.807) is 24.3 Å². The summed E-state index contributed by atoms with van der Waals surface area (Å²) in [5, 5.41) is 8.01. The van der Waals surface area contributed by atoms with Crippen LogP contribution in [0.5, 0.6) is 0 Å². The van der Waals surface area contributed by atoms with Crippen LogP contribution in [0, 0.1) is 10.8 Å². The van der Waals surface area contributed by atoms with Crippen LogP contribution in [0.15, 0.2) is 30.3 Å². The van der Waals surface area contributed by atoms with Gasteiger partial charge in [-0.1, -0.05) is 58.9 Å². The highest BCUT2D eigenvalue weighted by atomic mass is 32.2. The summed E-state index contributed by atoms with van der Waals surface area (Å²) >= 11 is 0. The molecule has 0 saturated heterocycles. The Morgan fingerprint density at radius 2 is 1.42 bits per heavy atom. The predicted molar refractivity (Wildman–Crippen MR) is 107 cm³/mol. The van der Waals surface area contributed by atoms with Gasteiger partial charge in [-0.15, -0.1) is 0 Å². The molecule has 142 valence electrons. The summed E-state index contributed by atoms with van der Waals surface area (Å²) in [7, 11) is -3.77. The number of hydrogen-bond donors (Lipinski definition) is 1. The van der Waals surface area contributed by atoms with Crippen molar-refractivity contribution in [1.82, 2.24) is 0 Å². The smallest absolute Gasteiger partial charge is 0.211 e. The molecule has 1 aliphatic rings. The zero-order chi connectivity index (χ0) is 19.8. The van der Waals surface area contributed by atoms with Crippen LogP contribution in [0.25, 0.3) is 4.91 Å². The van der Waals surface area contributed by atoms with E-state index in [1.165, 1.54) is 6.08 Å². The monoisotopic (exact) mass is 375 g/mol. The van der Waals surface area contributed by atoms with E-state index in [2.05, 4.69) is 0 Å². The Kier molecular flexibility index (Phi) is 5.62. The first-order valence-corrected chi connectivity index (χ1v) is 10.8. The van der Waals surface area contributed by atoms with Crippen LogP contribution in [-0.4, -0.2) is 24.7 Å². The molecule has 0 bridgehead atoms. The quantitative estimate of drug-likeness (QED) is 0.725. The molecule has 0 saturated carbocycles. The highest BCUT2D eigenvalue weighted by molar-refractivity contribution is 8.02.